The maximum atomic E-state index is 12.9. The van der Waals surface area contributed by atoms with Crippen molar-refractivity contribution in [3.63, 3.8) is 0 Å². The molecule has 0 unspecified atom stereocenters. The maximum absolute atomic E-state index is 12.9. The number of para-hydroxylation sites is 1. The Labute approximate surface area is 217 Å². The van der Waals surface area contributed by atoms with Crippen LogP contribution in [0.25, 0.3) is 21.7 Å². The number of rotatable bonds is 9. The van der Waals surface area contributed by atoms with Crippen LogP contribution in [-0.4, -0.2) is 65.4 Å². The van der Waals surface area contributed by atoms with E-state index >= 15 is 0 Å². The molecule has 3 aromatic carbocycles. The number of aliphatic hydroxyl groups excluding tert-OH is 1. The number of hydrogen-bond acceptors (Lipinski definition) is 9. The van der Waals surface area contributed by atoms with Crippen LogP contribution in [0.1, 0.15) is 33.3 Å². The third-order valence-corrected chi connectivity index (χ3v) is 6.05. The SMILES string of the molecule is CCOC(=O)COc1cccc2ccc(/C=N/Nc3ccc4c5c(cccc35)C(=O)N(CCO)C4=O)nc12. The molecule has 1 aliphatic heterocycles. The number of aromatic nitrogens is 1. The number of hydrazone groups is 1. The molecular weight excluding hydrogens is 488 g/mol. The van der Waals surface area contributed by atoms with Gasteiger partial charge in [-0.15, -0.1) is 0 Å². The van der Waals surface area contributed by atoms with Crippen molar-refractivity contribution in [1.29, 1.82) is 0 Å². The van der Waals surface area contributed by atoms with Gasteiger partial charge in [-0.1, -0.05) is 30.3 Å². The van der Waals surface area contributed by atoms with E-state index in [0.29, 0.717) is 44.5 Å². The Kier molecular flexibility index (Phi) is 6.96. The van der Waals surface area contributed by atoms with E-state index < -0.39 is 17.8 Å². The number of aliphatic hydroxyl groups is 1. The highest BCUT2D eigenvalue weighted by Gasteiger charge is 2.32. The number of hydrogen-bond donors (Lipinski definition) is 2. The van der Waals surface area contributed by atoms with Crippen LogP contribution >= 0.6 is 0 Å². The van der Waals surface area contributed by atoms with Gasteiger partial charge < -0.3 is 14.6 Å². The van der Waals surface area contributed by atoms with E-state index in [4.69, 9.17) is 9.47 Å². The Hall–Kier alpha value is -4.83. The van der Waals surface area contributed by atoms with Gasteiger partial charge in [0.2, 0.25) is 0 Å². The molecule has 1 aliphatic rings. The van der Waals surface area contributed by atoms with Crippen molar-refractivity contribution in [2.24, 2.45) is 5.10 Å². The lowest BCUT2D eigenvalue weighted by Crippen LogP contribution is -2.41. The summed E-state index contributed by atoms with van der Waals surface area (Å²) in [5.41, 5.74) is 5.50. The van der Waals surface area contributed by atoms with Crippen molar-refractivity contribution in [3.05, 3.63) is 77.5 Å². The van der Waals surface area contributed by atoms with E-state index in [1.54, 1.807) is 43.3 Å². The highest BCUT2D eigenvalue weighted by molar-refractivity contribution is 6.26. The van der Waals surface area contributed by atoms with E-state index in [0.717, 1.165) is 10.3 Å². The van der Waals surface area contributed by atoms with E-state index in [-0.39, 0.29) is 26.4 Å². The van der Waals surface area contributed by atoms with Gasteiger partial charge in [0.1, 0.15) is 11.3 Å². The topological polar surface area (TPSA) is 130 Å². The zero-order valence-electron chi connectivity index (χ0n) is 20.5. The molecule has 2 heterocycles. The van der Waals surface area contributed by atoms with Crippen LogP contribution < -0.4 is 10.2 Å². The molecule has 0 atom stereocenters. The summed E-state index contributed by atoms with van der Waals surface area (Å²) in [6.07, 6.45) is 1.54. The zero-order valence-corrected chi connectivity index (χ0v) is 20.5. The summed E-state index contributed by atoms with van der Waals surface area (Å²) < 4.78 is 10.5. The van der Waals surface area contributed by atoms with Gasteiger partial charge in [0.05, 0.1) is 37.4 Å². The fourth-order valence-corrected chi connectivity index (χ4v) is 4.38. The number of carbonyl (C=O) groups excluding carboxylic acids is 3. The number of pyridine rings is 1. The van der Waals surface area contributed by atoms with Gasteiger partial charge in [0.15, 0.2) is 6.61 Å². The molecule has 2 N–H and O–H groups in total. The summed E-state index contributed by atoms with van der Waals surface area (Å²) >= 11 is 0. The van der Waals surface area contributed by atoms with E-state index in [1.165, 1.54) is 6.21 Å². The van der Waals surface area contributed by atoms with E-state index in [2.05, 4.69) is 15.5 Å². The Morgan fingerprint density at radius 3 is 2.63 bits per heavy atom. The lowest BCUT2D eigenvalue weighted by atomic mass is 9.93. The second kappa shape index (κ2) is 10.7. The summed E-state index contributed by atoms with van der Waals surface area (Å²) in [6.45, 7) is 1.42. The fourth-order valence-electron chi connectivity index (χ4n) is 4.38. The van der Waals surface area contributed by atoms with Gasteiger partial charge >= 0.3 is 5.97 Å². The molecule has 0 radical (unpaired) electrons. The van der Waals surface area contributed by atoms with Gasteiger partial charge in [0.25, 0.3) is 11.8 Å². The Morgan fingerprint density at radius 1 is 1.05 bits per heavy atom. The standard InChI is InChI=1S/C28H24N4O6/c1-2-37-24(34)16-38-23-8-3-5-17-9-10-18(30-26(17)23)15-29-31-22-12-11-21-25-19(22)6-4-7-20(25)27(35)32(13-14-33)28(21)36/h3-12,15,31,33H,2,13-14,16H2,1H3/b29-15+. The predicted molar refractivity (Wildman–Crippen MR) is 141 cm³/mol. The highest BCUT2D eigenvalue weighted by atomic mass is 16.6. The first kappa shape index (κ1) is 24.8. The van der Waals surface area contributed by atoms with Crippen molar-refractivity contribution < 1.29 is 29.0 Å². The predicted octanol–water partition coefficient (Wildman–Crippen LogP) is 3.36. The minimum Gasteiger partial charge on any atom is -0.480 e. The number of imide groups is 1. The third-order valence-electron chi connectivity index (χ3n) is 6.05. The molecule has 10 nitrogen and oxygen atoms in total. The molecular formula is C28H24N4O6. The summed E-state index contributed by atoms with van der Waals surface area (Å²) in [7, 11) is 0. The number of nitrogens with one attached hydrogen (secondary N) is 1. The van der Waals surface area contributed by atoms with Crippen LogP contribution in [0.5, 0.6) is 5.75 Å². The number of benzene rings is 3. The molecule has 5 rings (SSSR count). The zero-order chi connectivity index (χ0) is 26.6. The third kappa shape index (κ3) is 4.64. The van der Waals surface area contributed by atoms with Gasteiger partial charge in [-0.3, -0.25) is 19.9 Å². The molecule has 2 amide bonds. The van der Waals surface area contributed by atoms with Gasteiger partial charge in [-0.25, -0.2) is 9.78 Å². The monoisotopic (exact) mass is 512 g/mol. The normalized spacial score (nSPS) is 12.9. The summed E-state index contributed by atoms with van der Waals surface area (Å²) in [5, 5.41) is 15.6. The lowest BCUT2D eigenvalue weighted by Gasteiger charge is -2.27. The molecule has 0 spiro atoms. The van der Waals surface area contributed by atoms with Crippen LogP contribution in [0.3, 0.4) is 0 Å². The van der Waals surface area contributed by atoms with Crippen molar-refractivity contribution in [3.8, 4) is 5.75 Å². The van der Waals surface area contributed by atoms with Crippen molar-refractivity contribution in [2.75, 3.05) is 31.8 Å². The van der Waals surface area contributed by atoms with Crippen molar-refractivity contribution in [1.82, 2.24) is 9.88 Å². The molecule has 0 bridgehead atoms. The maximum Gasteiger partial charge on any atom is 0.344 e. The number of anilines is 1. The van der Waals surface area contributed by atoms with E-state index in [1.807, 2.05) is 24.3 Å². The fraction of sp³-hybridized carbons (Fsp3) is 0.179. The molecule has 0 saturated carbocycles. The van der Waals surface area contributed by atoms with Crippen molar-refractivity contribution >= 4 is 51.4 Å². The van der Waals surface area contributed by atoms with Gasteiger partial charge in [-0.2, -0.15) is 5.10 Å². The first-order valence-corrected chi connectivity index (χ1v) is 12.0. The first-order chi connectivity index (χ1) is 18.5. The van der Waals surface area contributed by atoms with Crippen LogP contribution in [0.15, 0.2) is 65.8 Å². The minimum absolute atomic E-state index is 0.0634. The lowest BCUT2D eigenvalue weighted by molar-refractivity contribution is -0.145. The number of amides is 2. The van der Waals surface area contributed by atoms with E-state index in [9.17, 15) is 19.5 Å². The number of esters is 1. The summed E-state index contributed by atoms with van der Waals surface area (Å²) in [4.78, 5) is 43.1. The number of ether oxygens (including phenoxy) is 2. The quantitative estimate of drug-likeness (QED) is 0.151. The second-order valence-corrected chi connectivity index (χ2v) is 8.40. The number of carbonyl (C=O) groups is 3. The Morgan fingerprint density at radius 2 is 1.84 bits per heavy atom. The smallest absolute Gasteiger partial charge is 0.344 e. The average molecular weight is 513 g/mol. The van der Waals surface area contributed by atoms with Crippen LogP contribution in [0.2, 0.25) is 0 Å². The second-order valence-electron chi connectivity index (χ2n) is 8.40. The molecule has 10 heteroatoms. The van der Waals surface area contributed by atoms with Gasteiger partial charge in [0, 0.05) is 27.3 Å². The van der Waals surface area contributed by atoms with Crippen LogP contribution in [0.4, 0.5) is 5.69 Å². The Balaban J connectivity index is 1.40. The molecule has 4 aromatic rings. The van der Waals surface area contributed by atoms with Crippen molar-refractivity contribution in [2.45, 2.75) is 6.92 Å². The number of β-amino-alcohol motifs (C(OH)–C–C–N with tert-alkyl or cyclic N) is 1. The van der Waals surface area contributed by atoms with Crippen LogP contribution in [0, 0.1) is 0 Å². The summed E-state index contributed by atoms with van der Waals surface area (Å²) in [5.74, 6) is -0.891. The van der Waals surface area contributed by atoms with Crippen LogP contribution in [-0.2, 0) is 9.53 Å². The average Bonchev–Trinajstić information content (AvgIpc) is 2.93. The molecule has 0 aliphatic carbocycles. The van der Waals surface area contributed by atoms with Gasteiger partial charge in [-0.05, 0) is 37.3 Å². The highest BCUT2D eigenvalue weighted by Crippen LogP contribution is 2.34. The molecule has 192 valence electrons. The largest absolute Gasteiger partial charge is 0.480 e. The Bertz CT molecular complexity index is 1580. The summed E-state index contributed by atoms with van der Waals surface area (Å²) in [6, 6.07) is 17.7. The first-order valence-electron chi connectivity index (χ1n) is 12.0. The minimum atomic E-state index is -0.461. The molecule has 0 fully saturated rings. The molecule has 38 heavy (non-hydrogen) atoms. The molecule has 1 aromatic heterocycles. The molecule has 0 saturated heterocycles. The number of fused-ring (bicyclic) bond motifs is 1. The number of nitrogens with zero attached hydrogens (tertiary/aromatic N) is 3.